The highest BCUT2D eigenvalue weighted by Gasteiger charge is 2.16. The minimum atomic E-state index is -0.104. The molecule has 4 rings (SSSR count). The molecule has 4 aromatic rings. The van der Waals surface area contributed by atoms with Crippen LogP contribution in [-0.2, 0) is 4.79 Å². The van der Waals surface area contributed by atoms with E-state index in [1.54, 1.807) is 0 Å². The van der Waals surface area contributed by atoms with Crippen molar-refractivity contribution in [2.45, 2.75) is 32.0 Å². The van der Waals surface area contributed by atoms with Crippen molar-refractivity contribution in [3.8, 4) is 5.69 Å². The van der Waals surface area contributed by atoms with E-state index in [0.29, 0.717) is 5.13 Å². The third kappa shape index (κ3) is 5.17. The van der Waals surface area contributed by atoms with E-state index in [9.17, 15) is 4.79 Å². The number of rotatable bonds is 7. The summed E-state index contributed by atoms with van der Waals surface area (Å²) in [5.41, 5.74) is 6.71. The van der Waals surface area contributed by atoms with Crippen molar-refractivity contribution in [3.05, 3.63) is 71.0 Å². The Morgan fingerprint density at radius 3 is 2.56 bits per heavy atom. The molecule has 32 heavy (non-hydrogen) atoms. The number of carbonyl (C=O) groups excluding carboxylic acids is 1. The number of hydrogen-bond acceptors (Lipinski definition) is 7. The number of nitrogens with one attached hydrogen (secondary N) is 2. The van der Waals surface area contributed by atoms with Gasteiger partial charge >= 0.3 is 0 Å². The van der Waals surface area contributed by atoms with Crippen molar-refractivity contribution >= 4 is 45.5 Å². The average Bonchev–Trinajstić information content (AvgIpc) is 3.32. The zero-order valence-electron chi connectivity index (χ0n) is 18.3. The zero-order valence-corrected chi connectivity index (χ0v) is 20.0. The summed E-state index contributed by atoms with van der Waals surface area (Å²) in [5.74, 6) is 0.140. The highest BCUT2D eigenvalue weighted by atomic mass is 32.2. The summed E-state index contributed by atoms with van der Waals surface area (Å²) >= 11 is 2.79. The lowest BCUT2D eigenvalue weighted by Gasteiger charge is -2.07. The maximum atomic E-state index is 12.6. The molecule has 0 aliphatic heterocycles. The lowest BCUT2D eigenvalue weighted by atomic mass is 10.2. The Morgan fingerprint density at radius 1 is 1.03 bits per heavy atom. The summed E-state index contributed by atoms with van der Waals surface area (Å²) in [6.45, 7) is 7.94. The fraction of sp³-hybridized carbons (Fsp3) is 0.217. The molecule has 0 fully saturated rings. The van der Waals surface area contributed by atoms with Gasteiger partial charge in [0.2, 0.25) is 11.0 Å². The number of aromatic nitrogens is 4. The molecule has 0 aliphatic rings. The Hall–Kier alpha value is -3.17. The zero-order chi connectivity index (χ0) is 22.7. The second-order valence-corrected chi connectivity index (χ2v) is 9.70. The van der Waals surface area contributed by atoms with Crippen molar-refractivity contribution in [3.63, 3.8) is 0 Å². The SMILES string of the molecule is Cc1ccc(-n2nc(C)c(NC(=O)CSc3nnc(Nc4cccc(C)c4)s3)c2C)cc1. The normalized spacial score (nSPS) is 10.9. The lowest BCUT2D eigenvalue weighted by Crippen LogP contribution is -2.15. The third-order valence-electron chi connectivity index (χ3n) is 4.84. The van der Waals surface area contributed by atoms with Crippen molar-refractivity contribution in [1.82, 2.24) is 20.0 Å². The van der Waals surface area contributed by atoms with Gasteiger partial charge in [-0.1, -0.05) is 52.9 Å². The van der Waals surface area contributed by atoms with Crippen LogP contribution in [0.2, 0.25) is 0 Å². The monoisotopic (exact) mass is 464 g/mol. The van der Waals surface area contributed by atoms with Crippen LogP contribution < -0.4 is 10.6 Å². The minimum Gasteiger partial charge on any atom is -0.330 e. The lowest BCUT2D eigenvalue weighted by molar-refractivity contribution is -0.113. The third-order valence-corrected chi connectivity index (χ3v) is 6.81. The minimum absolute atomic E-state index is 0.104. The maximum absolute atomic E-state index is 12.6. The van der Waals surface area contributed by atoms with Gasteiger partial charge in [0.1, 0.15) is 0 Å². The summed E-state index contributed by atoms with van der Waals surface area (Å²) in [6.07, 6.45) is 0. The second kappa shape index (κ2) is 9.54. The van der Waals surface area contributed by atoms with Gasteiger partial charge < -0.3 is 10.6 Å². The van der Waals surface area contributed by atoms with E-state index in [0.717, 1.165) is 32.8 Å². The number of hydrogen-bond donors (Lipinski definition) is 2. The highest BCUT2D eigenvalue weighted by molar-refractivity contribution is 8.01. The summed E-state index contributed by atoms with van der Waals surface area (Å²) < 4.78 is 2.59. The van der Waals surface area contributed by atoms with Crippen molar-refractivity contribution in [2.24, 2.45) is 0 Å². The maximum Gasteiger partial charge on any atom is 0.234 e. The topological polar surface area (TPSA) is 84.7 Å². The molecule has 2 aromatic heterocycles. The molecule has 2 heterocycles. The Kier molecular flexibility index (Phi) is 6.57. The first-order valence-electron chi connectivity index (χ1n) is 10.1. The molecule has 2 aromatic carbocycles. The molecular formula is C23H24N6OS2. The van der Waals surface area contributed by atoms with Gasteiger partial charge in [0.15, 0.2) is 4.34 Å². The molecule has 0 radical (unpaired) electrons. The molecule has 0 bridgehead atoms. The number of aryl methyl sites for hydroxylation is 3. The van der Waals surface area contributed by atoms with Crippen molar-refractivity contribution in [2.75, 3.05) is 16.4 Å². The van der Waals surface area contributed by atoms with Crippen LogP contribution in [0, 0.1) is 27.7 Å². The largest absolute Gasteiger partial charge is 0.330 e. The van der Waals surface area contributed by atoms with Crippen LogP contribution in [0.4, 0.5) is 16.5 Å². The summed E-state index contributed by atoms with van der Waals surface area (Å²) in [7, 11) is 0. The van der Waals surface area contributed by atoms with E-state index >= 15 is 0 Å². The smallest absolute Gasteiger partial charge is 0.234 e. The van der Waals surface area contributed by atoms with E-state index in [-0.39, 0.29) is 11.7 Å². The quantitative estimate of drug-likeness (QED) is 0.355. The van der Waals surface area contributed by atoms with Gasteiger partial charge in [0.25, 0.3) is 0 Å². The van der Waals surface area contributed by atoms with Crippen molar-refractivity contribution < 1.29 is 4.79 Å². The van der Waals surface area contributed by atoms with Gasteiger partial charge in [-0.05, 0) is 57.5 Å². The Morgan fingerprint density at radius 2 is 1.81 bits per heavy atom. The Labute approximate surface area is 195 Å². The van der Waals surface area contributed by atoms with Crippen LogP contribution >= 0.6 is 23.1 Å². The van der Waals surface area contributed by atoms with Gasteiger partial charge in [0, 0.05) is 5.69 Å². The van der Waals surface area contributed by atoms with Crippen LogP contribution in [-0.4, -0.2) is 31.6 Å². The van der Waals surface area contributed by atoms with E-state index in [1.807, 2.05) is 80.9 Å². The fourth-order valence-electron chi connectivity index (χ4n) is 3.23. The van der Waals surface area contributed by atoms with Crippen molar-refractivity contribution in [1.29, 1.82) is 0 Å². The molecule has 9 heteroatoms. The van der Waals surface area contributed by atoms with E-state index in [1.165, 1.54) is 34.2 Å². The standard InChI is InChI=1S/C23H24N6OS2/c1-14-8-10-19(11-9-14)29-17(4)21(16(3)28-29)25-20(30)13-31-23-27-26-22(32-23)24-18-7-5-6-15(2)12-18/h5-12H,13H2,1-4H3,(H,24,26)(H,25,30). The molecule has 0 saturated heterocycles. The first-order chi connectivity index (χ1) is 15.4. The molecule has 7 nitrogen and oxygen atoms in total. The molecule has 0 aliphatic carbocycles. The van der Waals surface area contributed by atoms with Gasteiger partial charge in [-0.15, -0.1) is 10.2 Å². The first kappa shape index (κ1) is 22.0. The number of anilines is 3. The molecule has 0 saturated carbocycles. The average molecular weight is 465 g/mol. The van der Waals surface area contributed by atoms with E-state index in [2.05, 4.69) is 25.9 Å². The fourth-order valence-corrected chi connectivity index (χ4v) is 4.80. The van der Waals surface area contributed by atoms with Crippen LogP contribution in [0.3, 0.4) is 0 Å². The van der Waals surface area contributed by atoms with E-state index < -0.39 is 0 Å². The second-order valence-electron chi connectivity index (χ2n) is 7.50. The molecule has 0 unspecified atom stereocenters. The van der Waals surface area contributed by atoms with Gasteiger partial charge in [-0.3, -0.25) is 4.79 Å². The molecule has 164 valence electrons. The number of carbonyl (C=O) groups is 1. The first-order valence-corrected chi connectivity index (χ1v) is 11.9. The van der Waals surface area contributed by atoms with E-state index in [4.69, 9.17) is 0 Å². The Bertz CT molecular complexity index is 1250. The van der Waals surface area contributed by atoms with Crippen LogP contribution in [0.25, 0.3) is 5.69 Å². The predicted molar refractivity (Wildman–Crippen MR) is 131 cm³/mol. The van der Waals surface area contributed by atoms with Gasteiger partial charge in [-0.2, -0.15) is 5.10 Å². The van der Waals surface area contributed by atoms with Crippen LogP contribution in [0.5, 0.6) is 0 Å². The number of nitrogens with zero attached hydrogens (tertiary/aromatic N) is 4. The molecule has 1 amide bonds. The van der Waals surface area contributed by atoms with Gasteiger partial charge in [-0.25, -0.2) is 4.68 Å². The molecule has 0 atom stereocenters. The number of thioether (sulfide) groups is 1. The Balaban J connectivity index is 1.36. The molecule has 2 N–H and O–H groups in total. The summed E-state index contributed by atoms with van der Waals surface area (Å²) in [4.78, 5) is 12.6. The highest BCUT2D eigenvalue weighted by Crippen LogP contribution is 2.28. The van der Waals surface area contributed by atoms with Gasteiger partial charge in [0.05, 0.1) is 28.5 Å². The van der Waals surface area contributed by atoms with Crippen LogP contribution in [0.15, 0.2) is 52.9 Å². The molecule has 0 spiro atoms. The van der Waals surface area contributed by atoms with Crippen LogP contribution in [0.1, 0.15) is 22.5 Å². The number of benzene rings is 2. The summed E-state index contributed by atoms with van der Waals surface area (Å²) in [5, 5.41) is 19.9. The molecular weight excluding hydrogens is 440 g/mol. The number of amides is 1. The predicted octanol–water partition coefficient (Wildman–Crippen LogP) is 5.43. The summed E-state index contributed by atoms with van der Waals surface area (Å²) in [6, 6.07) is 16.2.